The number of aryl methyl sites for hydroxylation is 2. The minimum atomic E-state index is -0.265. The Kier molecular flexibility index (Phi) is 4.82. The van der Waals surface area contributed by atoms with Crippen molar-refractivity contribution >= 4 is 29.1 Å². The number of rotatable bonds is 3. The summed E-state index contributed by atoms with van der Waals surface area (Å²) in [6.07, 6.45) is 3.31. The van der Waals surface area contributed by atoms with E-state index in [0.717, 1.165) is 16.8 Å². The molecule has 1 saturated heterocycles. The Hall–Kier alpha value is -3.21. The molecule has 148 valence electrons. The van der Waals surface area contributed by atoms with Crippen LogP contribution >= 0.6 is 0 Å². The molecule has 0 saturated carbocycles. The topological polar surface area (TPSA) is 66.5 Å². The van der Waals surface area contributed by atoms with Crippen LogP contribution in [0.25, 0.3) is 0 Å². The summed E-state index contributed by atoms with van der Waals surface area (Å²) in [5.74, 6) is -1.04. The van der Waals surface area contributed by atoms with Crippen LogP contribution in [0.1, 0.15) is 41.3 Å². The molecule has 29 heavy (non-hydrogen) atoms. The van der Waals surface area contributed by atoms with Crippen LogP contribution in [0.5, 0.6) is 0 Å². The monoisotopic (exact) mass is 388 g/mol. The number of hydrogen-bond acceptors (Lipinski definition) is 3. The molecule has 3 amide bonds. The number of fused-ring (bicyclic) bond motifs is 1. The molecule has 5 heteroatoms. The molecule has 1 N–H and O–H groups in total. The summed E-state index contributed by atoms with van der Waals surface area (Å²) in [5, 5.41) is 2.89. The number of carbonyl (C=O) groups excluding carboxylic acids is 3. The standard InChI is InChI=1S/C24H24N2O3/c1-14-4-11-20-21(12-14)24(29)26(23(20)28)19-9-6-17(7-10-19)22(27)25-18-8-5-15(2)16(3)13-18/h4-10,13,20-21H,11-12H2,1-3H3,(H,25,27)/t20-,21+/m0/s1. The van der Waals surface area contributed by atoms with Crippen molar-refractivity contribution in [3.05, 3.63) is 70.8 Å². The maximum atomic E-state index is 12.8. The van der Waals surface area contributed by atoms with Crippen LogP contribution in [0.3, 0.4) is 0 Å². The lowest BCUT2D eigenvalue weighted by atomic mass is 9.82. The number of anilines is 2. The molecule has 2 atom stereocenters. The summed E-state index contributed by atoms with van der Waals surface area (Å²) in [6, 6.07) is 12.4. The molecule has 1 fully saturated rings. The molecule has 0 radical (unpaired) electrons. The summed E-state index contributed by atoms with van der Waals surface area (Å²) in [6.45, 7) is 6.02. The second-order valence-electron chi connectivity index (χ2n) is 8.02. The molecule has 1 heterocycles. The molecular weight excluding hydrogens is 364 g/mol. The van der Waals surface area contributed by atoms with Crippen molar-refractivity contribution in [2.45, 2.75) is 33.6 Å². The van der Waals surface area contributed by atoms with Gasteiger partial charge in [-0.15, -0.1) is 0 Å². The molecule has 4 rings (SSSR count). The van der Waals surface area contributed by atoms with E-state index in [1.165, 1.54) is 10.5 Å². The van der Waals surface area contributed by atoms with Gasteiger partial charge in [-0.1, -0.05) is 17.7 Å². The predicted molar refractivity (Wildman–Crippen MR) is 113 cm³/mol. The number of hydrogen-bond donors (Lipinski definition) is 1. The fraction of sp³-hybridized carbons (Fsp3) is 0.292. The van der Waals surface area contributed by atoms with Crippen molar-refractivity contribution in [2.24, 2.45) is 11.8 Å². The Morgan fingerprint density at radius 3 is 2.31 bits per heavy atom. The van der Waals surface area contributed by atoms with Crippen molar-refractivity contribution in [2.75, 3.05) is 10.2 Å². The minimum absolute atomic E-state index is 0.139. The Bertz CT molecular complexity index is 1040. The highest BCUT2D eigenvalue weighted by molar-refractivity contribution is 6.22. The van der Waals surface area contributed by atoms with Crippen LogP contribution in [0.2, 0.25) is 0 Å². The Morgan fingerprint density at radius 1 is 0.931 bits per heavy atom. The van der Waals surface area contributed by atoms with Gasteiger partial charge >= 0.3 is 0 Å². The van der Waals surface area contributed by atoms with E-state index in [4.69, 9.17) is 0 Å². The first kappa shape index (κ1) is 19.1. The first-order valence-electron chi connectivity index (χ1n) is 9.87. The first-order valence-corrected chi connectivity index (χ1v) is 9.87. The van der Waals surface area contributed by atoms with Crippen LogP contribution in [0.4, 0.5) is 11.4 Å². The first-order chi connectivity index (χ1) is 13.8. The number of carbonyl (C=O) groups is 3. The third kappa shape index (κ3) is 3.48. The number of nitrogens with one attached hydrogen (secondary N) is 1. The summed E-state index contributed by atoms with van der Waals surface area (Å²) >= 11 is 0. The number of benzene rings is 2. The SMILES string of the molecule is CC1=CC[C@@H]2C(=O)N(c3ccc(C(=O)Nc4ccc(C)c(C)c4)cc3)C(=O)[C@@H]2C1. The summed E-state index contributed by atoms with van der Waals surface area (Å²) in [5.41, 5.74) is 5.16. The molecule has 0 spiro atoms. The average molecular weight is 388 g/mol. The number of allylic oxidation sites excluding steroid dienone is 2. The largest absolute Gasteiger partial charge is 0.322 e. The summed E-state index contributed by atoms with van der Waals surface area (Å²) in [4.78, 5) is 39.4. The van der Waals surface area contributed by atoms with Crippen LogP contribution < -0.4 is 10.2 Å². The third-order valence-corrected chi connectivity index (χ3v) is 5.98. The number of amides is 3. The average Bonchev–Trinajstić information content (AvgIpc) is 2.94. The maximum absolute atomic E-state index is 12.8. The Labute approximate surface area is 170 Å². The molecule has 0 aromatic heterocycles. The van der Waals surface area contributed by atoms with Gasteiger partial charge in [0.05, 0.1) is 17.5 Å². The lowest BCUT2D eigenvalue weighted by Crippen LogP contribution is -2.30. The van der Waals surface area contributed by atoms with E-state index in [0.29, 0.717) is 24.1 Å². The normalized spacial score (nSPS) is 21.1. The molecule has 1 aliphatic carbocycles. The van der Waals surface area contributed by atoms with Gasteiger partial charge in [-0.05, 0) is 81.1 Å². The van der Waals surface area contributed by atoms with Crippen LogP contribution in [0.15, 0.2) is 54.1 Å². The highest BCUT2D eigenvalue weighted by Gasteiger charge is 2.48. The van der Waals surface area contributed by atoms with E-state index in [1.807, 2.05) is 39.0 Å². The molecule has 2 aromatic carbocycles. The number of imide groups is 1. The van der Waals surface area contributed by atoms with Gasteiger partial charge < -0.3 is 5.32 Å². The van der Waals surface area contributed by atoms with Crippen molar-refractivity contribution in [3.63, 3.8) is 0 Å². The highest BCUT2D eigenvalue weighted by Crippen LogP contribution is 2.39. The smallest absolute Gasteiger partial charge is 0.255 e. The van der Waals surface area contributed by atoms with E-state index in [2.05, 4.69) is 11.4 Å². The van der Waals surface area contributed by atoms with Crippen LogP contribution in [0, 0.1) is 25.7 Å². The Morgan fingerprint density at radius 2 is 1.62 bits per heavy atom. The second-order valence-corrected chi connectivity index (χ2v) is 8.02. The third-order valence-electron chi connectivity index (χ3n) is 5.98. The summed E-state index contributed by atoms with van der Waals surface area (Å²) in [7, 11) is 0. The van der Waals surface area contributed by atoms with Crippen molar-refractivity contribution in [1.82, 2.24) is 0 Å². The fourth-order valence-corrected chi connectivity index (χ4v) is 4.08. The van der Waals surface area contributed by atoms with Crippen molar-refractivity contribution < 1.29 is 14.4 Å². The van der Waals surface area contributed by atoms with E-state index in [1.54, 1.807) is 24.3 Å². The van der Waals surface area contributed by atoms with Crippen LogP contribution in [-0.2, 0) is 9.59 Å². The zero-order valence-electron chi connectivity index (χ0n) is 16.9. The van der Waals surface area contributed by atoms with E-state index < -0.39 is 0 Å². The van der Waals surface area contributed by atoms with Gasteiger partial charge in [0.15, 0.2) is 0 Å². The number of nitrogens with zero attached hydrogens (tertiary/aromatic N) is 1. The second kappa shape index (κ2) is 7.32. The predicted octanol–water partition coefficient (Wildman–Crippen LogP) is 4.40. The van der Waals surface area contributed by atoms with Gasteiger partial charge in [-0.2, -0.15) is 0 Å². The zero-order chi connectivity index (χ0) is 20.7. The van der Waals surface area contributed by atoms with E-state index in [9.17, 15) is 14.4 Å². The zero-order valence-corrected chi connectivity index (χ0v) is 16.9. The highest BCUT2D eigenvalue weighted by atomic mass is 16.2. The minimum Gasteiger partial charge on any atom is -0.322 e. The van der Waals surface area contributed by atoms with Gasteiger partial charge in [0.1, 0.15) is 0 Å². The van der Waals surface area contributed by atoms with Crippen LogP contribution in [-0.4, -0.2) is 17.7 Å². The molecule has 0 unspecified atom stereocenters. The lowest BCUT2D eigenvalue weighted by Gasteiger charge is -2.18. The quantitative estimate of drug-likeness (QED) is 0.626. The lowest BCUT2D eigenvalue weighted by molar-refractivity contribution is -0.122. The van der Waals surface area contributed by atoms with Crippen molar-refractivity contribution in [3.8, 4) is 0 Å². The summed E-state index contributed by atoms with van der Waals surface area (Å²) < 4.78 is 0. The Balaban J connectivity index is 1.50. The fourth-order valence-electron chi connectivity index (χ4n) is 4.08. The van der Waals surface area contributed by atoms with Gasteiger partial charge in [0, 0.05) is 11.3 Å². The molecule has 2 aliphatic rings. The molecule has 2 aromatic rings. The molecule has 1 aliphatic heterocycles. The van der Waals surface area contributed by atoms with Crippen molar-refractivity contribution in [1.29, 1.82) is 0 Å². The maximum Gasteiger partial charge on any atom is 0.255 e. The molecule has 0 bridgehead atoms. The van der Waals surface area contributed by atoms with Gasteiger partial charge in [-0.3, -0.25) is 19.3 Å². The van der Waals surface area contributed by atoms with E-state index >= 15 is 0 Å². The molecular formula is C24H24N2O3. The van der Waals surface area contributed by atoms with Gasteiger partial charge in [0.2, 0.25) is 11.8 Å². The van der Waals surface area contributed by atoms with E-state index in [-0.39, 0.29) is 29.6 Å². The van der Waals surface area contributed by atoms with Gasteiger partial charge in [0.25, 0.3) is 5.91 Å². The van der Waals surface area contributed by atoms with Gasteiger partial charge in [-0.25, -0.2) is 0 Å². The molecule has 5 nitrogen and oxygen atoms in total.